The molecule has 1 aromatic rings. The second kappa shape index (κ2) is 6.61. The van der Waals surface area contributed by atoms with Gasteiger partial charge in [0.15, 0.2) is 5.82 Å². The Bertz CT molecular complexity index is 445. The summed E-state index contributed by atoms with van der Waals surface area (Å²) >= 11 is 6.30. The van der Waals surface area contributed by atoms with Crippen molar-refractivity contribution >= 4 is 23.4 Å². The van der Waals surface area contributed by atoms with Crippen LogP contribution in [0, 0.1) is 5.41 Å². The molecule has 1 aromatic heterocycles. The highest BCUT2D eigenvalue weighted by Crippen LogP contribution is 2.40. The molecule has 112 valence electrons. The molecule has 2 heterocycles. The number of halogens is 1. The van der Waals surface area contributed by atoms with Crippen LogP contribution in [0.25, 0.3) is 0 Å². The van der Waals surface area contributed by atoms with Crippen molar-refractivity contribution in [3.05, 3.63) is 11.2 Å². The maximum Gasteiger partial charge on any atom is 0.224 e. The van der Waals surface area contributed by atoms with Crippen LogP contribution < -0.4 is 10.2 Å². The van der Waals surface area contributed by atoms with Crippen LogP contribution in [0.1, 0.15) is 46.5 Å². The Morgan fingerprint density at radius 1 is 1.35 bits per heavy atom. The first-order valence-corrected chi connectivity index (χ1v) is 8.03. The van der Waals surface area contributed by atoms with Crippen LogP contribution in [0.4, 0.5) is 11.8 Å². The molecular formula is C15H25ClN4. The summed E-state index contributed by atoms with van der Waals surface area (Å²) in [5.74, 6) is 1.56. The van der Waals surface area contributed by atoms with Crippen molar-refractivity contribution in [2.45, 2.75) is 46.5 Å². The van der Waals surface area contributed by atoms with E-state index < -0.39 is 0 Å². The largest absolute Gasteiger partial charge is 0.355 e. The highest BCUT2D eigenvalue weighted by Gasteiger charge is 2.36. The summed E-state index contributed by atoms with van der Waals surface area (Å²) in [5.41, 5.74) is 0.422. The van der Waals surface area contributed by atoms with Crippen molar-refractivity contribution in [3.63, 3.8) is 0 Å². The van der Waals surface area contributed by atoms with Gasteiger partial charge >= 0.3 is 0 Å². The van der Waals surface area contributed by atoms with Crippen molar-refractivity contribution in [3.8, 4) is 0 Å². The van der Waals surface area contributed by atoms with E-state index in [-0.39, 0.29) is 0 Å². The van der Waals surface area contributed by atoms with E-state index in [1.165, 1.54) is 19.3 Å². The Labute approximate surface area is 126 Å². The third kappa shape index (κ3) is 3.17. The summed E-state index contributed by atoms with van der Waals surface area (Å²) in [6.07, 6.45) is 6.41. The molecular weight excluding hydrogens is 272 g/mol. The number of anilines is 2. The van der Waals surface area contributed by atoms with Crippen LogP contribution in [0.3, 0.4) is 0 Å². The first-order chi connectivity index (χ1) is 9.64. The highest BCUT2D eigenvalue weighted by molar-refractivity contribution is 6.32. The predicted octanol–water partition coefficient (Wildman–Crippen LogP) is 3.97. The first-order valence-electron chi connectivity index (χ1n) is 7.65. The normalized spacial score (nSPS) is 17.5. The van der Waals surface area contributed by atoms with Gasteiger partial charge in [-0.3, -0.25) is 0 Å². The zero-order valence-corrected chi connectivity index (χ0v) is 13.5. The second-order valence-electron chi connectivity index (χ2n) is 5.67. The fraction of sp³-hybridized carbons (Fsp3) is 0.733. The van der Waals surface area contributed by atoms with E-state index in [0.29, 0.717) is 16.4 Å². The maximum atomic E-state index is 6.30. The quantitative estimate of drug-likeness (QED) is 0.862. The fourth-order valence-corrected chi connectivity index (χ4v) is 3.06. The van der Waals surface area contributed by atoms with Crippen molar-refractivity contribution in [1.29, 1.82) is 0 Å². The second-order valence-corrected chi connectivity index (χ2v) is 6.08. The molecule has 0 amide bonds. The van der Waals surface area contributed by atoms with Gasteiger partial charge in [-0.15, -0.1) is 0 Å². The van der Waals surface area contributed by atoms with Crippen LogP contribution in [-0.4, -0.2) is 29.6 Å². The summed E-state index contributed by atoms with van der Waals surface area (Å²) in [6, 6.07) is 0. The van der Waals surface area contributed by atoms with Gasteiger partial charge in [0.2, 0.25) is 5.95 Å². The van der Waals surface area contributed by atoms with Gasteiger partial charge in [-0.1, -0.05) is 32.4 Å². The van der Waals surface area contributed by atoms with E-state index in [9.17, 15) is 0 Å². The van der Waals surface area contributed by atoms with Gasteiger partial charge in [-0.25, -0.2) is 4.98 Å². The van der Waals surface area contributed by atoms with Crippen LogP contribution in [0.2, 0.25) is 5.02 Å². The third-order valence-electron chi connectivity index (χ3n) is 4.50. The van der Waals surface area contributed by atoms with E-state index in [1.807, 2.05) is 0 Å². The number of nitrogens with one attached hydrogen (secondary N) is 1. The number of aromatic nitrogens is 2. The average molecular weight is 297 g/mol. The van der Waals surface area contributed by atoms with Crippen LogP contribution in [0.5, 0.6) is 0 Å². The molecule has 1 N–H and O–H groups in total. The van der Waals surface area contributed by atoms with E-state index >= 15 is 0 Å². The van der Waals surface area contributed by atoms with Crippen molar-refractivity contribution < 1.29 is 0 Å². The first kappa shape index (κ1) is 15.4. The summed E-state index contributed by atoms with van der Waals surface area (Å²) in [7, 11) is 0. The topological polar surface area (TPSA) is 41.1 Å². The lowest BCUT2D eigenvalue weighted by Crippen LogP contribution is -2.27. The van der Waals surface area contributed by atoms with Crippen molar-refractivity contribution in [1.82, 2.24) is 9.97 Å². The predicted molar refractivity (Wildman–Crippen MR) is 85.7 cm³/mol. The molecule has 4 nitrogen and oxygen atoms in total. The third-order valence-corrected chi connectivity index (χ3v) is 4.76. The maximum absolute atomic E-state index is 6.30. The number of hydrogen-bond acceptors (Lipinski definition) is 4. The van der Waals surface area contributed by atoms with Gasteiger partial charge in [0, 0.05) is 19.6 Å². The molecule has 0 aromatic carbocycles. The summed E-state index contributed by atoms with van der Waals surface area (Å²) in [6.45, 7) is 9.65. The molecule has 0 unspecified atom stereocenters. The summed E-state index contributed by atoms with van der Waals surface area (Å²) in [5, 5.41) is 3.87. The fourth-order valence-electron chi connectivity index (χ4n) is 2.84. The molecule has 1 fully saturated rings. The average Bonchev–Trinajstić information content (AvgIpc) is 2.91. The van der Waals surface area contributed by atoms with Crippen LogP contribution in [-0.2, 0) is 0 Å². The Kier molecular flexibility index (Phi) is 5.08. The minimum Gasteiger partial charge on any atom is -0.355 e. The van der Waals surface area contributed by atoms with E-state index in [0.717, 1.165) is 31.9 Å². The SMILES string of the molecule is CCCNc1ncc(Cl)c(N2CCC(CC)(CC)C2)n1. The van der Waals surface area contributed by atoms with Gasteiger partial charge in [0.1, 0.15) is 5.02 Å². The molecule has 1 saturated heterocycles. The summed E-state index contributed by atoms with van der Waals surface area (Å²) < 4.78 is 0. The van der Waals surface area contributed by atoms with E-state index in [4.69, 9.17) is 11.6 Å². The monoisotopic (exact) mass is 296 g/mol. The number of nitrogens with zero attached hydrogens (tertiary/aromatic N) is 3. The van der Waals surface area contributed by atoms with E-state index in [1.54, 1.807) is 6.20 Å². The lowest BCUT2D eigenvalue weighted by molar-refractivity contribution is 0.301. The van der Waals surface area contributed by atoms with Gasteiger partial charge in [0.05, 0.1) is 6.20 Å². The van der Waals surface area contributed by atoms with Crippen molar-refractivity contribution in [2.24, 2.45) is 5.41 Å². The summed E-state index contributed by atoms with van der Waals surface area (Å²) in [4.78, 5) is 11.2. The molecule has 0 aliphatic carbocycles. The van der Waals surface area contributed by atoms with Crippen molar-refractivity contribution in [2.75, 3.05) is 29.9 Å². The highest BCUT2D eigenvalue weighted by atomic mass is 35.5. The van der Waals surface area contributed by atoms with Gasteiger partial charge in [-0.05, 0) is 31.1 Å². The molecule has 1 aliphatic rings. The molecule has 0 radical (unpaired) electrons. The molecule has 1 aliphatic heterocycles. The van der Waals surface area contributed by atoms with Crippen LogP contribution >= 0.6 is 11.6 Å². The lowest BCUT2D eigenvalue weighted by atomic mass is 9.82. The van der Waals surface area contributed by atoms with Crippen LogP contribution in [0.15, 0.2) is 6.20 Å². The minimum absolute atomic E-state index is 0.422. The molecule has 0 saturated carbocycles. The zero-order chi connectivity index (χ0) is 14.6. The Morgan fingerprint density at radius 3 is 2.70 bits per heavy atom. The van der Waals surface area contributed by atoms with Gasteiger partial charge in [0.25, 0.3) is 0 Å². The Morgan fingerprint density at radius 2 is 2.10 bits per heavy atom. The molecule has 0 bridgehead atoms. The van der Waals surface area contributed by atoms with E-state index in [2.05, 4.69) is 41.0 Å². The standard InChI is InChI=1S/C15H25ClN4/c1-4-8-17-14-18-10-12(16)13(19-14)20-9-7-15(5-2,6-3)11-20/h10H,4-9,11H2,1-3H3,(H,17,18,19). The molecule has 0 atom stereocenters. The number of rotatable bonds is 6. The zero-order valence-electron chi connectivity index (χ0n) is 12.7. The molecule has 2 rings (SSSR count). The molecule has 20 heavy (non-hydrogen) atoms. The molecule has 0 spiro atoms. The Hall–Kier alpha value is -1.03. The molecule has 5 heteroatoms. The van der Waals surface area contributed by atoms with Gasteiger partial charge < -0.3 is 10.2 Å². The smallest absolute Gasteiger partial charge is 0.224 e. The number of hydrogen-bond donors (Lipinski definition) is 1. The van der Waals surface area contributed by atoms with Gasteiger partial charge in [-0.2, -0.15) is 4.98 Å². The lowest BCUT2D eigenvalue weighted by Gasteiger charge is -2.27. The Balaban J connectivity index is 2.16. The minimum atomic E-state index is 0.422.